The first-order valence-electron chi connectivity index (χ1n) is 15.4. The smallest absolute Gasteiger partial charge is 0.0760 e. The zero-order chi connectivity index (χ0) is 28.8. The second kappa shape index (κ2) is 8.69. The van der Waals surface area contributed by atoms with Crippen molar-refractivity contribution in [2.75, 3.05) is 0 Å². The molecular weight excluding hydrogens is 530 g/mol. The Kier molecular flexibility index (Phi) is 4.71. The molecule has 1 atom stereocenters. The molecule has 7 aromatic carbocycles. The van der Waals surface area contributed by atoms with Gasteiger partial charge >= 0.3 is 0 Å². The summed E-state index contributed by atoms with van der Waals surface area (Å²) in [5.74, 6) is 0. The molecule has 0 radical (unpaired) electrons. The van der Waals surface area contributed by atoms with Crippen molar-refractivity contribution in [3.8, 4) is 39.1 Å². The Hall–Kier alpha value is -5.66. The van der Waals surface area contributed by atoms with Gasteiger partial charge < -0.3 is 4.57 Å². The summed E-state index contributed by atoms with van der Waals surface area (Å²) in [4.78, 5) is 0. The Bertz CT molecular complexity index is 2440. The van der Waals surface area contributed by atoms with Crippen molar-refractivity contribution in [3.05, 3.63) is 186 Å². The van der Waals surface area contributed by atoms with E-state index in [1.165, 1.54) is 83.1 Å². The third-order valence-corrected chi connectivity index (χ3v) is 9.99. The van der Waals surface area contributed by atoms with Gasteiger partial charge in [-0.2, -0.15) is 0 Å². The second-order valence-electron chi connectivity index (χ2n) is 12.0. The maximum Gasteiger partial charge on any atom is 0.0760 e. The van der Waals surface area contributed by atoms with E-state index < -0.39 is 5.41 Å². The lowest BCUT2D eigenvalue weighted by Gasteiger charge is -2.40. The average molecular weight is 558 g/mol. The van der Waals surface area contributed by atoms with Crippen molar-refractivity contribution in [2.45, 2.75) is 5.41 Å². The number of aromatic nitrogens is 1. The molecule has 0 saturated carbocycles. The summed E-state index contributed by atoms with van der Waals surface area (Å²) in [7, 11) is 0. The normalized spacial score (nSPS) is 15.8. The van der Waals surface area contributed by atoms with E-state index in [1.807, 2.05) is 0 Å². The molecule has 44 heavy (non-hydrogen) atoms. The van der Waals surface area contributed by atoms with Gasteiger partial charge in [-0.3, -0.25) is 0 Å². The zero-order valence-corrected chi connectivity index (χ0v) is 24.0. The van der Waals surface area contributed by atoms with Crippen LogP contribution in [0.5, 0.6) is 0 Å². The number of fused-ring (bicyclic) bond motifs is 12. The van der Waals surface area contributed by atoms with Gasteiger partial charge in [0.25, 0.3) is 0 Å². The summed E-state index contributed by atoms with van der Waals surface area (Å²) in [5.41, 5.74) is 16.4. The minimum Gasteiger partial charge on any atom is -0.309 e. The first-order valence-corrected chi connectivity index (χ1v) is 15.4. The quantitative estimate of drug-likeness (QED) is 0.199. The molecule has 1 aromatic heterocycles. The van der Waals surface area contributed by atoms with E-state index in [1.54, 1.807) is 0 Å². The van der Waals surface area contributed by atoms with Crippen molar-refractivity contribution in [3.63, 3.8) is 0 Å². The maximum atomic E-state index is 2.51. The molecule has 1 spiro atoms. The zero-order valence-electron chi connectivity index (χ0n) is 24.0. The average Bonchev–Trinajstić information content (AvgIpc) is 3.60. The highest BCUT2D eigenvalue weighted by Gasteiger charge is 2.51. The van der Waals surface area contributed by atoms with Gasteiger partial charge in [0, 0.05) is 10.8 Å². The summed E-state index contributed by atoms with van der Waals surface area (Å²) in [6.45, 7) is 0. The molecule has 8 aromatic rings. The number of hydrogen-bond donors (Lipinski definition) is 0. The van der Waals surface area contributed by atoms with Crippen molar-refractivity contribution in [2.24, 2.45) is 0 Å². The van der Waals surface area contributed by atoms with Crippen LogP contribution in [0, 0.1) is 0 Å². The van der Waals surface area contributed by atoms with Gasteiger partial charge in [0.15, 0.2) is 0 Å². The predicted molar refractivity (Wildman–Crippen MR) is 183 cm³/mol. The monoisotopic (exact) mass is 557 g/mol. The largest absolute Gasteiger partial charge is 0.309 e. The van der Waals surface area contributed by atoms with Crippen molar-refractivity contribution < 1.29 is 0 Å². The number of para-hydroxylation sites is 3. The van der Waals surface area contributed by atoms with E-state index >= 15 is 0 Å². The molecule has 10 rings (SSSR count). The summed E-state index contributed by atoms with van der Waals surface area (Å²) < 4.78 is 2.51. The number of nitrogens with zero attached hydrogens (tertiary/aromatic N) is 1. The molecule has 0 saturated heterocycles. The third kappa shape index (κ3) is 2.89. The fraction of sp³-hybridized carbons (Fsp3) is 0.0233. The van der Waals surface area contributed by atoms with E-state index in [0.29, 0.717) is 0 Å². The first kappa shape index (κ1) is 23.9. The maximum absolute atomic E-state index is 2.51. The molecular formula is C43H27N. The minimum absolute atomic E-state index is 0.467. The van der Waals surface area contributed by atoms with Crippen LogP contribution in [-0.4, -0.2) is 4.57 Å². The van der Waals surface area contributed by atoms with E-state index in [4.69, 9.17) is 0 Å². The topological polar surface area (TPSA) is 4.93 Å². The standard InChI is InChI=1S/C43H27N/c1-2-13-28(14-3-1)29-15-10-16-30(27-29)31-19-11-20-34-32-17-4-6-22-36(32)43(41(31)34)37-23-7-9-26-40(37)44-39-25-8-5-18-33(39)35-21-12-24-38(43)42(35)44/h1-27H. The van der Waals surface area contributed by atoms with E-state index in [2.05, 4.69) is 168 Å². The molecule has 1 unspecified atom stereocenters. The number of hydrogen-bond acceptors (Lipinski definition) is 0. The fourth-order valence-electron chi connectivity index (χ4n) is 8.36. The van der Waals surface area contributed by atoms with Crippen LogP contribution in [0.15, 0.2) is 164 Å². The lowest BCUT2D eigenvalue weighted by atomic mass is 9.64. The van der Waals surface area contributed by atoms with Crippen LogP contribution in [0.2, 0.25) is 0 Å². The Labute approximate surface area is 256 Å². The molecule has 204 valence electrons. The second-order valence-corrected chi connectivity index (χ2v) is 12.0. The van der Waals surface area contributed by atoms with E-state index in [0.717, 1.165) is 0 Å². The van der Waals surface area contributed by atoms with Crippen molar-refractivity contribution in [1.82, 2.24) is 4.57 Å². The summed E-state index contributed by atoms with van der Waals surface area (Å²) in [5, 5.41) is 2.60. The van der Waals surface area contributed by atoms with Crippen LogP contribution in [-0.2, 0) is 5.41 Å². The summed E-state index contributed by atoms with van der Waals surface area (Å²) in [6, 6.07) is 60.7. The van der Waals surface area contributed by atoms with Gasteiger partial charge in [0.05, 0.1) is 22.1 Å². The summed E-state index contributed by atoms with van der Waals surface area (Å²) in [6.07, 6.45) is 0. The van der Waals surface area contributed by atoms with Gasteiger partial charge in [-0.15, -0.1) is 0 Å². The van der Waals surface area contributed by atoms with Crippen LogP contribution in [0.25, 0.3) is 60.9 Å². The molecule has 1 nitrogen and oxygen atoms in total. The highest BCUT2D eigenvalue weighted by molar-refractivity contribution is 6.13. The van der Waals surface area contributed by atoms with Crippen LogP contribution in [0.3, 0.4) is 0 Å². The van der Waals surface area contributed by atoms with Gasteiger partial charge in [0.1, 0.15) is 0 Å². The molecule has 1 aliphatic carbocycles. The lowest BCUT2D eigenvalue weighted by molar-refractivity contribution is 0.750. The Morgan fingerprint density at radius 3 is 1.93 bits per heavy atom. The van der Waals surface area contributed by atoms with Crippen LogP contribution < -0.4 is 0 Å². The molecule has 1 heteroatoms. The lowest BCUT2D eigenvalue weighted by Crippen LogP contribution is -2.34. The molecule has 0 fully saturated rings. The van der Waals surface area contributed by atoms with Crippen molar-refractivity contribution >= 4 is 21.8 Å². The Balaban J connectivity index is 1.39. The van der Waals surface area contributed by atoms with Crippen molar-refractivity contribution in [1.29, 1.82) is 0 Å². The molecule has 0 bridgehead atoms. The third-order valence-electron chi connectivity index (χ3n) is 9.99. The van der Waals surface area contributed by atoms with Gasteiger partial charge in [0.2, 0.25) is 0 Å². The van der Waals surface area contributed by atoms with Crippen LogP contribution in [0.4, 0.5) is 0 Å². The van der Waals surface area contributed by atoms with Gasteiger partial charge in [-0.1, -0.05) is 146 Å². The van der Waals surface area contributed by atoms with Crippen LogP contribution >= 0.6 is 0 Å². The Morgan fingerprint density at radius 2 is 1.00 bits per heavy atom. The molecule has 0 amide bonds. The fourth-order valence-corrected chi connectivity index (χ4v) is 8.36. The van der Waals surface area contributed by atoms with Crippen LogP contribution in [0.1, 0.15) is 22.3 Å². The summed E-state index contributed by atoms with van der Waals surface area (Å²) >= 11 is 0. The van der Waals surface area contributed by atoms with Gasteiger partial charge in [-0.05, 0) is 73.8 Å². The Morgan fingerprint density at radius 1 is 0.386 bits per heavy atom. The SMILES string of the molecule is c1ccc(-c2cccc(-c3cccc4c3C3(c5ccccc5-4)c4ccccc4-n4c5ccccc5c5cccc3c54)c2)cc1. The predicted octanol–water partition coefficient (Wildman–Crippen LogP) is 10.8. The molecule has 0 N–H and O–H groups in total. The van der Waals surface area contributed by atoms with E-state index in [9.17, 15) is 0 Å². The highest BCUT2D eigenvalue weighted by Crippen LogP contribution is 2.62. The minimum atomic E-state index is -0.467. The molecule has 1 aliphatic heterocycles. The number of rotatable bonds is 2. The van der Waals surface area contributed by atoms with E-state index in [-0.39, 0.29) is 0 Å². The first-order chi connectivity index (χ1) is 21.9. The molecule has 2 heterocycles. The molecule has 2 aliphatic rings. The highest BCUT2D eigenvalue weighted by atomic mass is 15.0. The van der Waals surface area contributed by atoms with Gasteiger partial charge in [-0.25, -0.2) is 0 Å². The number of benzene rings is 7.